The van der Waals surface area contributed by atoms with Crippen LogP contribution in [0.25, 0.3) is 0 Å². The molecule has 0 radical (unpaired) electrons. The molecule has 0 spiro atoms. The van der Waals surface area contributed by atoms with Crippen molar-refractivity contribution >= 4 is 11.6 Å². The number of aliphatic hydroxyl groups is 1. The van der Waals surface area contributed by atoms with Crippen molar-refractivity contribution in [2.24, 2.45) is 0 Å². The zero-order valence-electron chi connectivity index (χ0n) is 7.64. The summed E-state index contributed by atoms with van der Waals surface area (Å²) in [6, 6.07) is 3.28. The molecule has 1 atom stereocenters. The topological polar surface area (TPSA) is 20.2 Å². The molecular formula is C10H12ClFO. The second kappa shape index (κ2) is 4.07. The Kier molecular flexibility index (Phi) is 3.28. The second-order valence-corrected chi connectivity index (χ2v) is 3.64. The van der Waals surface area contributed by atoms with E-state index in [1.807, 2.05) is 6.92 Å². The molecule has 0 bridgehead atoms. The van der Waals surface area contributed by atoms with Crippen LogP contribution in [-0.2, 0) is 0 Å². The van der Waals surface area contributed by atoms with Crippen molar-refractivity contribution in [2.75, 3.05) is 6.61 Å². The van der Waals surface area contributed by atoms with E-state index in [0.717, 1.165) is 5.56 Å². The fourth-order valence-corrected chi connectivity index (χ4v) is 1.49. The van der Waals surface area contributed by atoms with Crippen LogP contribution < -0.4 is 0 Å². The van der Waals surface area contributed by atoms with Gasteiger partial charge in [0.2, 0.25) is 0 Å². The van der Waals surface area contributed by atoms with Gasteiger partial charge in [0, 0.05) is 12.5 Å². The van der Waals surface area contributed by atoms with Crippen LogP contribution in [0.3, 0.4) is 0 Å². The van der Waals surface area contributed by atoms with E-state index in [-0.39, 0.29) is 17.5 Å². The fraction of sp³-hybridized carbons (Fsp3) is 0.400. The highest BCUT2D eigenvalue weighted by molar-refractivity contribution is 6.30. The van der Waals surface area contributed by atoms with Crippen LogP contribution >= 0.6 is 11.6 Å². The standard InChI is InChI=1S/C10H12ClFO/c1-6-3-8(7(2)5-13)10(12)9(11)4-6/h3-4,7,13H,5H2,1-2H3. The van der Waals surface area contributed by atoms with E-state index in [9.17, 15) is 4.39 Å². The third-order valence-electron chi connectivity index (χ3n) is 2.01. The Morgan fingerprint density at radius 3 is 2.69 bits per heavy atom. The lowest BCUT2D eigenvalue weighted by Crippen LogP contribution is -2.03. The molecular weight excluding hydrogens is 191 g/mol. The SMILES string of the molecule is Cc1cc(Cl)c(F)c(C(C)CO)c1. The number of aliphatic hydroxyl groups excluding tert-OH is 1. The summed E-state index contributed by atoms with van der Waals surface area (Å²) < 4.78 is 13.4. The van der Waals surface area contributed by atoms with Gasteiger partial charge in [0.1, 0.15) is 5.82 Å². The first kappa shape index (κ1) is 10.5. The number of aryl methyl sites for hydroxylation is 1. The number of benzene rings is 1. The Balaban J connectivity index is 3.20. The van der Waals surface area contributed by atoms with Crippen LogP contribution in [0.2, 0.25) is 5.02 Å². The molecule has 0 heterocycles. The van der Waals surface area contributed by atoms with E-state index in [2.05, 4.69) is 0 Å². The maximum absolute atomic E-state index is 13.4. The molecule has 1 rings (SSSR count). The molecule has 0 aliphatic rings. The van der Waals surface area contributed by atoms with Gasteiger partial charge < -0.3 is 5.11 Å². The predicted molar refractivity (Wildman–Crippen MR) is 51.6 cm³/mol. The quantitative estimate of drug-likeness (QED) is 0.782. The lowest BCUT2D eigenvalue weighted by atomic mass is 9.99. The van der Waals surface area contributed by atoms with Gasteiger partial charge in [-0.15, -0.1) is 0 Å². The maximum Gasteiger partial charge on any atom is 0.145 e. The first-order chi connectivity index (χ1) is 6.06. The molecule has 0 saturated heterocycles. The van der Waals surface area contributed by atoms with Crippen molar-refractivity contribution in [1.29, 1.82) is 0 Å². The Morgan fingerprint density at radius 1 is 1.54 bits per heavy atom. The summed E-state index contributed by atoms with van der Waals surface area (Å²) in [7, 11) is 0. The zero-order chi connectivity index (χ0) is 10.0. The van der Waals surface area contributed by atoms with E-state index in [0.29, 0.717) is 5.56 Å². The molecule has 13 heavy (non-hydrogen) atoms. The third kappa shape index (κ3) is 2.20. The molecule has 0 aliphatic carbocycles. The van der Waals surface area contributed by atoms with Crippen molar-refractivity contribution in [2.45, 2.75) is 19.8 Å². The third-order valence-corrected chi connectivity index (χ3v) is 2.28. The van der Waals surface area contributed by atoms with E-state index >= 15 is 0 Å². The minimum absolute atomic E-state index is 0.0727. The van der Waals surface area contributed by atoms with E-state index in [4.69, 9.17) is 16.7 Å². The molecule has 1 unspecified atom stereocenters. The van der Waals surface area contributed by atoms with Gasteiger partial charge >= 0.3 is 0 Å². The molecule has 1 N–H and O–H groups in total. The molecule has 1 aromatic carbocycles. The van der Waals surface area contributed by atoms with Gasteiger partial charge in [-0.25, -0.2) is 4.39 Å². The fourth-order valence-electron chi connectivity index (χ4n) is 1.21. The van der Waals surface area contributed by atoms with Gasteiger partial charge in [0.25, 0.3) is 0 Å². The van der Waals surface area contributed by atoms with Crippen LogP contribution in [-0.4, -0.2) is 11.7 Å². The lowest BCUT2D eigenvalue weighted by molar-refractivity contribution is 0.270. The van der Waals surface area contributed by atoms with Crippen LogP contribution in [0.1, 0.15) is 24.0 Å². The number of rotatable bonds is 2. The Labute approximate surface area is 82.2 Å². The summed E-state index contributed by atoms with van der Waals surface area (Å²) in [4.78, 5) is 0. The number of hydrogen-bond acceptors (Lipinski definition) is 1. The Bertz CT molecular complexity index is 312. The molecule has 1 aromatic rings. The maximum atomic E-state index is 13.4. The van der Waals surface area contributed by atoms with Crippen molar-refractivity contribution < 1.29 is 9.50 Å². The van der Waals surface area contributed by atoms with Crippen LogP contribution in [0.5, 0.6) is 0 Å². The zero-order valence-corrected chi connectivity index (χ0v) is 8.40. The average Bonchev–Trinajstić information content (AvgIpc) is 2.10. The largest absolute Gasteiger partial charge is 0.396 e. The van der Waals surface area contributed by atoms with Gasteiger partial charge in [-0.1, -0.05) is 24.6 Å². The average molecular weight is 203 g/mol. The van der Waals surface area contributed by atoms with Gasteiger partial charge in [0.05, 0.1) is 5.02 Å². The van der Waals surface area contributed by atoms with Crippen molar-refractivity contribution in [3.8, 4) is 0 Å². The first-order valence-corrected chi connectivity index (χ1v) is 4.50. The lowest BCUT2D eigenvalue weighted by Gasteiger charge is -2.11. The summed E-state index contributed by atoms with van der Waals surface area (Å²) in [5, 5.41) is 9.01. The minimum atomic E-state index is -0.422. The normalized spacial score (nSPS) is 13.0. The van der Waals surface area contributed by atoms with Crippen molar-refractivity contribution in [3.63, 3.8) is 0 Å². The van der Waals surface area contributed by atoms with Crippen molar-refractivity contribution in [1.82, 2.24) is 0 Å². The Morgan fingerprint density at radius 2 is 2.15 bits per heavy atom. The molecule has 0 fully saturated rings. The highest BCUT2D eigenvalue weighted by Gasteiger charge is 2.13. The minimum Gasteiger partial charge on any atom is -0.396 e. The van der Waals surface area contributed by atoms with Crippen LogP contribution in [0, 0.1) is 12.7 Å². The molecule has 3 heteroatoms. The van der Waals surface area contributed by atoms with Gasteiger partial charge in [-0.3, -0.25) is 0 Å². The Hall–Kier alpha value is -0.600. The summed E-state index contributed by atoms with van der Waals surface area (Å²) >= 11 is 5.66. The molecule has 0 amide bonds. The molecule has 0 aromatic heterocycles. The highest BCUT2D eigenvalue weighted by Crippen LogP contribution is 2.26. The predicted octanol–water partition coefficient (Wildman–Crippen LogP) is 2.88. The molecule has 72 valence electrons. The second-order valence-electron chi connectivity index (χ2n) is 3.23. The smallest absolute Gasteiger partial charge is 0.145 e. The molecule has 0 aliphatic heterocycles. The van der Waals surface area contributed by atoms with Gasteiger partial charge in [-0.2, -0.15) is 0 Å². The van der Waals surface area contributed by atoms with Gasteiger partial charge in [-0.05, 0) is 24.1 Å². The summed E-state index contributed by atoms with van der Waals surface area (Å²) in [5.74, 6) is -0.633. The van der Waals surface area contributed by atoms with Crippen LogP contribution in [0.15, 0.2) is 12.1 Å². The summed E-state index contributed by atoms with van der Waals surface area (Å²) in [5.41, 5.74) is 1.38. The number of hydrogen-bond donors (Lipinski definition) is 1. The van der Waals surface area contributed by atoms with Crippen molar-refractivity contribution in [3.05, 3.63) is 34.1 Å². The first-order valence-electron chi connectivity index (χ1n) is 4.12. The molecule has 0 saturated carbocycles. The van der Waals surface area contributed by atoms with E-state index in [1.54, 1.807) is 19.1 Å². The monoisotopic (exact) mass is 202 g/mol. The molecule has 1 nitrogen and oxygen atoms in total. The van der Waals surface area contributed by atoms with Crippen LogP contribution in [0.4, 0.5) is 4.39 Å². The summed E-state index contributed by atoms with van der Waals surface area (Å²) in [6.45, 7) is 3.53. The van der Waals surface area contributed by atoms with E-state index in [1.165, 1.54) is 0 Å². The highest BCUT2D eigenvalue weighted by atomic mass is 35.5. The van der Waals surface area contributed by atoms with E-state index < -0.39 is 5.82 Å². The summed E-state index contributed by atoms with van der Waals surface area (Å²) in [6.07, 6.45) is 0. The van der Waals surface area contributed by atoms with Gasteiger partial charge in [0.15, 0.2) is 0 Å². The number of halogens is 2.